The summed E-state index contributed by atoms with van der Waals surface area (Å²) in [4.78, 5) is 25.9. The van der Waals surface area contributed by atoms with Gasteiger partial charge in [-0.05, 0) is 81.3 Å². The zero-order valence-corrected chi connectivity index (χ0v) is 18.5. The number of rotatable bonds is 6. The molecule has 0 aliphatic carbocycles. The Kier molecular flexibility index (Phi) is 6.95. The number of carbonyl (C=O) groups is 2. The van der Waals surface area contributed by atoms with E-state index in [9.17, 15) is 9.59 Å². The Morgan fingerprint density at radius 2 is 1.53 bits per heavy atom. The predicted molar refractivity (Wildman–Crippen MR) is 125 cm³/mol. The molecule has 154 valence electrons. The van der Waals surface area contributed by atoms with Crippen LogP contribution in [-0.4, -0.2) is 17.1 Å². The van der Waals surface area contributed by atoms with E-state index in [1.54, 1.807) is 6.07 Å². The lowest BCUT2D eigenvalue weighted by Gasteiger charge is -2.14. The minimum absolute atomic E-state index is 0.0365. The first kappa shape index (κ1) is 21.7. The first-order valence-electron chi connectivity index (χ1n) is 9.84. The normalized spacial score (nSPS) is 11.6. The molecule has 0 aliphatic rings. The smallest absolute Gasteiger partial charge is 0.255 e. The van der Waals surface area contributed by atoms with Gasteiger partial charge in [0.15, 0.2) is 0 Å². The fraction of sp³-hybridized carbons (Fsp3) is 0.200. The van der Waals surface area contributed by atoms with Gasteiger partial charge in [0.2, 0.25) is 5.91 Å². The molecule has 0 spiro atoms. The minimum Gasteiger partial charge on any atom is -0.325 e. The third-order valence-electron chi connectivity index (χ3n) is 4.73. The molecule has 2 N–H and O–H groups in total. The molecular formula is C25H26N2O2S. The van der Waals surface area contributed by atoms with Gasteiger partial charge in [-0.3, -0.25) is 9.59 Å². The molecule has 2 amide bonds. The van der Waals surface area contributed by atoms with Crippen LogP contribution in [0.2, 0.25) is 0 Å². The van der Waals surface area contributed by atoms with E-state index in [0.717, 1.165) is 33.0 Å². The van der Waals surface area contributed by atoms with E-state index >= 15 is 0 Å². The Morgan fingerprint density at radius 1 is 0.833 bits per heavy atom. The number of benzene rings is 3. The average molecular weight is 419 g/mol. The summed E-state index contributed by atoms with van der Waals surface area (Å²) >= 11 is 1.48. The topological polar surface area (TPSA) is 58.2 Å². The Balaban J connectivity index is 1.58. The molecule has 0 heterocycles. The SMILES string of the molecule is Cc1cccc(C(=O)Nc2ccc(SC(C)C(=O)Nc3cc(C)ccc3C)cc2)c1. The molecule has 0 aromatic heterocycles. The zero-order chi connectivity index (χ0) is 21.7. The van der Waals surface area contributed by atoms with E-state index in [-0.39, 0.29) is 17.1 Å². The molecule has 3 aromatic rings. The zero-order valence-electron chi connectivity index (χ0n) is 17.7. The number of thioether (sulfide) groups is 1. The number of nitrogens with one attached hydrogen (secondary N) is 2. The molecule has 0 saturated carbocycles. The van der Waals surface area contributed by atoms with Crippen molar-refractivity contribution in [3.8, 4) is 0 Å². The molecule has 0 aliphatic heterocycles. The Hall–Kier alpha value is -3.05. The van der Waals surface area contributed by atoms with Crippen molar-refractivity contribution in [2.75, 3.05) is 10.6 Å². The first-order chi connectivity index (χ1) is 14.3. The number of aryl methyl sites for hydroxylation is 3. The van der Waals surface area contributed by atoms with Crippen molar-refractivity contribution in [1.29, 1.82) is 0 Å². The van der Waals surface area contributed by atoms with E-state index in [1.165, 1.54) is 11.8 Å². The van der Waals surface area contributed by atoms with Gasteiger partial charge >= 0.3 is 0 Å². The monoisotopic (exact) mass is 418 g/mol. The van der Waals surface area contributed by atoms with Gasteiger partial charge in [0.05, 0.1) is 5.25 Å². The fourth-order valence-corrected chi connectivity index (χ4v) is 3.84. The molecule has 30 heavy (non-hydrogen) atoms. The van der Waals surface area contributed by atoms with Gasteiger partial charge in [-0.15, -0.1) is 11.8 Å². The van der Waals surface area contributed by atoms with Crippen molar-refractivity contribution < 1.29 is 9.59 Å². The van der Waals surface area contributed by atoms with Crippen LogP contribution >= 0.6 is 11.8 Å². The van der Waals surface area contributed by atoms with Crippen LogP contribution in [0.1, 0.15) is 34.0 Å². The van der Waals surface area contributed by atoms with E-state index in [2.05, 4.69) is 10.6 Å². The standard InChI is InChI=1S/C25H26N2O2S/c1-16-6-5-7-20(14-16)25(29)26-21-10-12-22(13-11-21)30-19(4)24(28)27-23-15-17(2)8-9-18(23)3/h5-15,19H,1-4H3,(H,26,29)(H,27,28). The molecule has 0 saturated heterocycles. The van der Waals surface area contributed by atoms with Crippen LogP contribution < -0.4 is 10.6 Å². The predicted octanol–water partition coefficient (Wildman–Crippen LogP) is 5.98. The Morgan fingerprint density at radius 3 is 2.23 bits per heavy atom. The van der Waals surface area contributed by atoms with Gasteiger partial charge in [0, 0.05) is 21.8 Å². The van der Waals surface area contributed by atoms with Crippen molar-refractivity contribution in [2.45, 2.75) is 37.8 Å². The molecule has 0 bridgehead atoms. The third kappa shape index (κ3) is 5.74. The fourth-order valence-electron chi connectivity index (χ4n) is 2.97. The lowest BCUT2D eigenvalue weighted by atomic mass is 10.1. The second kappa shape index (κ2) is 9.63. The summed E-state index contributed by atoms with van der Waals surface area (Å²) in [6.07, 6.45) is 0. The summed E-state index contributed by atoms with van der Waals surface area (Å²) in [7, 11) is 0. The van der Waals surface area contributed by atoms with Gasteiger partial charge in [-0.25, -0.2) is 0 Å². The van der Waals surface area contributed by atoms with E-state index in [0.29, 0.717) is 5.56 Å². The number of hydrogen-bond donors (Lipinski definition) is 2. The quantitative estimate of drug-likeness (QED) is 0.484. The van der Waals surface area contributed by atoms with Crippen molar-refractivity contribution >= 4 is 35.0 Å². The Bertz CT molecular complexity index is 1060. The lowest BCUT2D eigenvalue weighted by Crippen LogP contribution is -2.22. The largest absolute Gasteiger partial charge is 0.325 e. The molecular weight excluding hydrogens is 392 g/mol. The van der Waals surface area contributed by atoms with Gasteiger partial charge in [0.1, 0.15) is 0 Å². The average Bonchev–Trinajstić information content (AvgIpc) is 2.72. The molecule has 3 rings (SSSR count). The summed E-state index contributed by atoms with van der Waals surface area (Å²) in [5.41, 5.74) is 5.40. The second-order valence-electron chi connectivity index (χ2n) is 7.42. The highest BCUT2D eigenvalue weighted by molar-refractivity contribution is 8.00. The van der Waals surface area contributed by atoms with Crippen molar-refractivity contribution in [1.82, 2.24) is 0 Å². The maximum absolute atomic E-state index is 12.6. The maximum atomic E-state index is 12.6. The van der Waals surface area contributed by atoms with Crippen LogP contribution in [0.25, 0.3) is 0 Å². The van der Waals surface area contributed by atoms with E-state index in [4.69, 9.17) is 0 Å². The lowest BCUT2D eigenvalue weighted by molar-refractivity contribution is -0.115. The highest BCUT2D eigenvalue weighted by Gasteiger charge is 2.16. The summed E-state index contributed by atoms with van der Waals surface area (Å²) < 4.78 is 0. The molecule has 4 nitrogen and oxygen atoms in total. The Labute approximate surface area is 182 Å². The molecule has 0 fully saturated rings. The number of hydrogen-bond acceptors (Lipinski definition) is 3. The van der Waals surface area contributed by atoms with Crippen LogP contribution in [0.3, 0.4) is 0 Å². The summed E-state index contributed by atoms with van der Waals surface area (Å²) in [5.74, 6) is -0.175. The van der Waals surface area contributed by atoms with Crippen LogP contribution in [0.4, 0.5) is 11.4 Å². The highest BCUT2D eigenvalue weighted by Crippen LogP contribution is 2.26. The van der Waals surface area contributed by atoms with Crippen LogP contribution in [0.5, 0.6) is 0 Å². The van der Waals surface area contributed by atoms with E-state index < -0.39 is 0 Å². The van der Waals surface area contributed by atoms with Crippen molar-refractivity contribution in [3.63, 3.8) is 0 Å². The maximum Gasteiger partial charge on any atom is 0.255 e. The summed E-state index contributed by atoms with van der Waals surface area (Å²) in [6, 6.07) is 21.0. The number of carbonyl (C=O) groups excluding carboxylic acids is 2. The minimum atomic E-state index is -0.252. The van der Waals surface area contributed by atoms with Crippen LogP contribution in [-0.2, 0) is 4.79 Å². The van der Waals surface area contributed by atoms with Crippen molar-refractivity contribution in [3.05, 3.63) is 89.0 Å². The van der Waals surface area contributed by atoms with Gasteiger partial charge < -0.3 is 10.6 Å². The molecule has 1 unspecified atom stereocenters. The highest BCUT2D eigenvalue weighted by atomic mass is 32.2. The molecule has 5 heteroatoms. The summed E-state index contributed by atoms with van der Waals surface area (Å²) in [6.45, 7) is 7.84. The van der Waals surface area contributed by atoms with Crippen LogP contribution in [0, 0.1) is 20.8 Å². The van der Waals surface area contributed by atoms with Crippen molar-refractivity contribution in [2.24, 2.45) is 0 Å². The second-order valence-corrected chi connectivity index (χ2v) is 8.83. The number of amides is 2. The third-order valence-corrected chi connectivity index (χ3v) is 5.84. The van der Waals surface area contributed by atoms with E-state index in [1.807, 2.05) is 88.4 Å². The van der Waals surface area contributed by atoms with Gasteiger partial charge in [-0.1, -0.05) is 29.8 Å². The van der Waals surface area contributed by atoms with Crippen LogP contribution in [0.15, 0.2) is 71.6 Å². The first-order valence-corrected chi connectivity index (χ1v) is 10.7. The molecule has 1 atom stereocenters. The molecule has 3 aromatic carbocycles. The summed E-state index contributed by atoms with van der Waals surface area (Å²) in [5, 5.41) is 5.67. The molecule has 0 radical (unpaired) electrons. The number of anilines is 2. The van der Waals surface area contributed by atoms with Gasteiger partial charge in [0.25, 0.3) is 5.91 Å². The van der Waals surface area contributed by atoms with Gasteiger partial charge in [-0.2, -0.15) is 0 Å².